The van der Waals surface area contributed by atoms with Crippen LogP contribution in [0.3, 0.4) is 0 Å². The molecule has 5 nitrogen and oxygen atoms in total. The fraction of sp³-hybridized carbons (Fsp3) is 0.421. The number of nitrogens with one attached hydrogen (secondary N) is 1. The summed E-state index contributed by atoms with van der Waals surface area (Å²) in [6, 6.07) is 1.55. The lowest BCUT2D eigenvalue weighted by Crippen LogP contribution is -2.15. The minimum atomic E-state index is -0.125. The van der Waals surface area contributed by atoms with Gasteiger partial charge in [0.25, 0.3) is 5.56 Å². The minimum Gasteiger partial charge on any atom is -0.356 e. The van der Waals surface area contributed by atoms with Gasteiger partial charge in [-0.1, -0.05) is 18.3 Å². The van der Waals surface area contributed by atoms with E-state index < -0.39 is 0 Å². The van der Waals surface area contributed by atoms with E-state index in [1.807, 2.05) is 6.92 Å². The Balaban J connectivity index is 1.94. The van der Waals surface area contributed by atoms with Crippen molar-refractivity contribution in [2.24, 2.45) is 0 Å². The van der Waals surface area contributed by atoms with Crippen LogP contribution in [-0.2, 0) is 13.0 Å². The molecule has 25 heavy (non-hydrogen) atoms. The van der Waals surface area contributed by atoms with Gasteiger partial charge in [-0.2, -0.15) is 4.52 Å². The van der Waals surface area contributed by atoms with E-state index in [1.165, 1.54) is 49.2 Å². The van der Waals surface area contributed by atoms with Crippen molar-refractivity contribution in [3.63, 3.8) is 0 Å². The highest BCUT2D eigenvalue weighted by molar-refractivity contribution is 7.20. The lowest BCUT2D eigenvalue weighted by molar-refractivity contribution is 0.873. The molecule has 0 radical (unpaired) electrons. The van der Waals surface area contributed by atoms with Gasteiger partial charge in [-0.15, -0.1) is 5.10 Å². The summed E-state index contributed by atoms with van der Waals surface area (Å²) in [5.74, 6) is 0. The van der Waals surface area contributed by atoms with Crippen molar-refractivity contribution in [1.82, 2.24) is 14.6 Å². The summed E-state index contributed by atoms with van der Waals surface area (Å²) >= 11 is 1.41. The molecule has 0 saturated carbocycles. The summed E-state index contributed by atoms with van der Waals surface area (Å²) < 4.78 is 1.37. The molecule has 0 aliphatic rings. The van der Waals surface area contributed by atoms with Gasteiger partial charge in [0.2, 0.25) is 10.1 Å². The van der Waals surface area contributed by atoms with Crippen LogP contribution in [0, 0.1) is 34.6 Å². The monoisotopic (exact) mass is 356 g/mol. The zero-order chi connectivity index (χ0) is 18.3. The van der Waals surface area contributed by atoms with Crippen LogP contribution < -0.4 is 10.9 Å². The summed E-state index contributed by atoms with van der Waals surface area (Å²) in [7, 11) is 0. The molecule has 3 rings (SSSR count). The van der Waals surface area contributed by atoms with E-state index in [1.54, 1.807) is 6.07 Å². The van der Waals surface area contributed by atoms with Crippen molar-refractivity contribution < 1.29 is 0 Å². The second-order valence-corrected chi connectivity index (χ2v) is 7.45. The van der Waals surface area contributed by atoms with Crippen LogP contribution in [0.1, 0.15) is 46.0 Å². The molecule has 0 aliphatic heterocycles. The van der Waals surface area contributed by atoms with Crippen molar-refractivity contribution in [2.75, 3.05) is 5.32 Å². The molecule has 0 aliphatic carbocycles. The average Bonchev–Trinajstić information content (AvgIpc) is 3.01. The Morgan fingerprint density at radius 1 is 1.04 bits per heavy atom. The number of aromatic nitrogens is 3. The molecule has 0 bridgehead atoms. The summed E-state index contributed by atoms with van der Waals surface area (Å²) in [5, 5.41) is 8.47. The number of rotatable bonds is 4. The van der Waals surface area contributed by atoms with E-state index in [9.17, 15) is 4.79 Å². The van der Waals surface area contributed by atoms with E-state index in [2.05, 4.69) is 50.0 Å². The molecular formula is C19H24N4OS. The van der Waals surface area contributed by atoms with Gasteiger partial charge in [-0.25, -0.2) is 4.98 Å². The van der Waals surface area contributed by atoms with Crippen molar-refractivity contribution in [3.8, 4) is 0 Å². The smallest absolute Gasteiger partial charge is 0.275 e. The molecule has 0 atom stereocenters. The van der Waals surface area contributed by atoms with Gasteiger partial charge < -0.3 is 5.32 Å². The molecule has 0 unspecified atom stereocenters. The summed E-state index contributed by atoms with van der Waals surface area (Å²) in [4.78, 5) is 17.2. The van der Waals surface area contributed by atoms with E-state index >= 15 is 0 Å². The third kappa shape index (κ3) is 3.06. The molecule has 0 spiro atoms. The quantitative estimate of drug-likeness (QED) is 0.771. The maximum absolute atomic E-state index is 12.1. The van der Waals surface area contributed by atoms with Crippen LogP contribution in [-0.4, -0.2) is 14.6 Å². The average molecular weight is 356 g/mol. The second kappa shape index (κ2) is 6.59. The number of fused-ring (bicyclic) bond motifs is 1. The second-order valence-electron chi connectivity index (χ2n) is 6.50. The third-order valence-electron chi connectivity index (χ3n) is 5.23. The van der Waals surface area contributed by atoms with Gasteiger partial charge in [0.1, 0.15) is 0 Å². The fourth-order valence-corrected chi connectivity index (χ4v) is 3.94. The first-order chi connectivity index (χ1) is 11.8. The molecule has 0 amide bonds. The number of nitrogens with zero attached hydrogens (tertiary/aromatic N) is 3. The van der Waals surface area contributed by atoms with Gasteiger partial charge in [0.15, 0.2) is 0 Å². The molecule has 3 aromatic rings. The Morgan fingerprint density at radius 3 is 2.24 bits per heavy atom. The van der Waals surface area contributed by atoms with E-state index in [-0.39, 0.29) is 5.56 Å². The zero-order valence-corrected chi connectivity index (χ0v) is 16.5. The first kappa shape index (κ1) is 17.6. The molecule has 2 aromatic heterocycles. The molecule has 6 heteroatoms. The predicted octanol–water partition coefficient (Wildman–Crippen LogP) is 3.87. The molecular weight excluding hydrogens is 332 g/mol. The predicted molar refractivity (Wildman–Crippen MR) is 104 cm³/mol. The molecule has 0 fully saturated rings. The molecule has 0 saturated heterocycles. The number of hydrogen-bond donors (Lipinski definition) is 1. The maximum atomic E-state index is 12.1. The Hall–Kier alpha value is -2.21. The van der Waals surface area contributed by atoms with Gasteiger partial charge in [-0.05, 0) is 74.4 Å². The van der Waals surface area contributed by atoms with Crippen molar-refractivity contribution in [1.29, 1.82) is 0 Å². The SMILES string of the molecule is CCc1cc(=O)n2nc(NCc3c(C)c(C)c(C)c(C)c3C)sc2n1. The first-order valence-corrected chi connectivity index (χ1v) is 9.34. The third-order valence-corrected chi connectivity index (χ3v) is 6.10. The number of anilines is 1. The molecule has 2 heterocycles. The Morgan fingerprint density at radius 2 is 1.64 bits per heavy atom. The highest BCUT2D eigenvalue weighted by Crippen LogP contribution is 2.27. The Labute approximate surface area is 151 Å². The van der Waals surface area contributed by atoms with Crippen molar-refractivity contribution in [3.05, 3.63) is 55.5 Å². The van der Waals surface area contributed by atoms with Gasteiger partial charge in [-0.3, -0.25) is 4.79 Å². The Kier molecular flexibility index (Phi) is 4.64. The van der Waals surface area contributed by atoms with Crippen LogP contribution >= 0.6 is 11.3 Å². The van der Waals surface area contributed by atoms with E-state index in [4.69, 9.17) is 0 Å². The first-order valence-electron chi connectivity index (χ1n) is 8.53. The van der Waals surface area contributed by atoms with Gasteiger partial charge in [0, 0.05) is 18.3 Å². The van der Waals surface area contributed by atoms with Crippen molar-refractivity contribution >= 4 is 21.4 Å². The number of benzene rings is 1. The Bertz CT molecular complexity index is 987. The van der Waals surface area contributed by atoms with Crippen LogP contribution in [0.25, 0.3) is 4.96 Å². The fourth-order valence-electron chi connectivity index (χ4n) is 3.12. The van der Waals surface area contributed by atoms with Crippen LogP contribution in [0.4, 0.5) is 5.13 Å². The molecule has 1 aromatic carbocycles. The minimum absolute atomic E-state index is 0.125. The molecule has 1 N–H and O–H groups in total. The summed E-state index contributed by atoms with van der Waals surface area (Å²) in [5.41, 5.74) is 8.66. The number of hydrogen-bond acceptors (Lipinski definition) is 5. The maximum Gasteiger partial charge on any atom is 0.275 e. The molecule has 132 valence electrons. The van der Waals surface area contributed by atoms with Crippen molar-refractivity contribution in [2.45, 2.75) is 54.5 Å². The van der Waals surface area contributed by atoms with Gasteiger partial charge in [0.05, 0.1) is 0 Å². The standard InChI is InChI=1S/C19H24N4OS/c1-7-15-8-17(24)23-19(21-15)25-18(22-23)20-9-16-13(5)11(3)10(2)12(4)14(16)6/h8H,7,9H2,1-6H3,(H,20,22). The summed E-state index contributed by atoms with van der Waals surface area (Å²) in [6.07, 6.45) is 0.743. The largest absolute Gasteiger partial charge is 0.356 e. The lowest BCUT2D eigenvalue weighted by atomic mass is 9.89. The zero-order valence-electron chi connectivity index (χ0n) is 15.6. The highest BCUT2D eigenvalue weighted by Gasteiger charge is 2.13. The van der Waals surface area contributed by atoms with Crippen LogP contribution in [0.5, 0.6) is 0 Å². The summed E-state index contributed by atoms with van der Waals surface area (Å²) in [6.45, 7) is 13.6. The topological polar surface area (TPSA) is 59.3 Å². The van der Waals surface area contributed by atoms with Gasteiger partial charge >= 0.3 is 0 Å². The van der Waals surface area contributed by atoms with E-state index in [0.717, 1.165) is 12.1 Å². The van der Waals surface area contributed by atoms with Crippen LogP contribution in [0.15, 0.2) is 10.9 Å². The lowest BCUT2D eigenvalue weighted by Gasteiger charge is -2.18. The van der Waals surface area contributed by atoms with E-state index in [0.29, 0.717) is 16.6 Å². The van der Waals surface area contributed by atoms with Crippen LogP contribution in [0.2, 0.25) is 0 Å². The number of aryl methyl sites for hydroxylation is 1. The highest BCUT2D eigenvalue weighted by atomic mass is 32.1. The normalized spacial score (nSPS) is 11.3.